The van der Waals surface area contributed by atoms with E-state index < -0.39 is 0 Å². The predicted octanol–water partition coefficient (Wildman–Crippen LogP) is 1.52. The Balaban J connectivity index is 1.93. The lowest BCUT2D eigenvalue weighted by Crippen LogP contribution is -2.48. The van der Waals surface area contributed by atoms with Gasteiger partial charge in [-0.05, 0) is 5.92 Å². The predicted molar refractivity (Wildman–Crippen MR) is 81.5 cm³/mol. The lowest BCUT2D eigenvalue weighted by molar-refractivity contribution is -0.129. The van der Waals surface area contributed by atoms with Crippen LogP contribution in [0.15, 0.2) is 18.3 Å². The van der Waals surface area contributed by atoms with Crippen LogP contribution >= 0.6 is 0 Å². The Morgan fingerprint density at radius 3 is 2.57 bits per heavy atom. The summed E-state index contributed by atoms with van der Waals surface area (Å²) in [5.74, 6) is 1.59. The van der Waals surface area contributed by atoms with Gasteiger partial charge in [-0.2, -0.15) is 9.61 Å². The molecule has 0 spiro atoms. The highest BCUT2D eigenvalue weighted by Gasteiger charge is 2.21. The number of anilines is 1. The van der Waals surface area contributed by atoms with Gasteiger partial charge >= 0.3 is 0 Å². The van der Waals surface area contributed by atoms with E-state index in [4.69, 9.17) is 0 Å². The van der Waals surface area contributed by atoms with Crippen LogP contribution in [0, 0.1) is 0 Å². The van der Waals surface area contributed by atoms with Crippen molar-refractivity contribution in [3.8, 4) is 0 Å². The molecule has 1 aliphatic heterocycles. The molecular formula is C15H21N5O. The largest absolute Gasteiger partial charge is 0.353 e. The fourth-order valence-electron chi connectivity index (χ4n) is 2.69. The first-order chi connectivity index (χ1) is 10.1. The SMILES string of the molecule is CC(=O)N1CCN(c2cc(C(C)C)nc3ccnn23)CC1. The average Bonchev–Trinajstić information content (AvgIpc) is 2.94. The molecule has 3 rings (SSSR count). The second-order valence-electron chi connectivity index (χ2n) is 5.79. The molecule has 21 heavy (non-hydrogen) atoms. The van der Waals surface area contributed by atoms with E-state index in [1.807, 2.05) is 15.5 Å². The molecule has 1 saturated heterocycles. The zero-order chi connectivity index (χ0) is 15.0. The monoisotopic (exact) mass is 287 g/mol. The van der Waals surface area contributed by atoms with Gasteiger partial charge in [0.2, 0.25) is 5.91 Å². The highest BCUT2D eigenvalue weighted by atomic mass is 16.2. The van der Waals surface area contributed by atoms with Crippen LogP contribution < -0.4 is 4.90 Å². The van der Waals surface area contributed by atoms with E-state index in [9.17, 15) is 4.79 Å². The van der Waals surface area contributed by atoms with Crippen molar-refractivity contribution in [3.05, 3.63) is 24.0 Å². The van der Waals surface area contributed by atoms with Crippen LogP contribution in [0.25, 0.3) is 5.65 Å². The van der Waals surface area contributed by atoms with Gasteiger partial charge in [-0.1, -0.05) is 13.8 Å². The third-order valence-corrected chi connectivity index (χ3v) is 4.00. The smallest absolute Gasteiger partial charge is 0.219 e. The summed E-state index contributed by atoms with van der Waals surface area (Å²) in [7, 11) is 0. The minimum atomic E-state index is 0.150. The van der Waals surface area contributed by atoms with Gasteiger partial charge in [0.05, 0.1) is 6.20 Å². The fourth-order valence-corrected chi connectivity index (χ4v) is 2.69. The van der Waals surface area contributed by atoms with Gasteiger partial charge in [0.15, 0.2) is 5.65 Å². The molecule has 1 aliphatic rings. The molecule has 6 heteroatoms. The zero-order valence-electron chi connectivity index (χ0n) is 12.8. The highest BCUT2D eigenvalue weighted by molar-refractivity contribution is 5.73. The Morgan fingerprint density at radius 2 is 1.95 bits per heavy atom. The van der Waals surface area contributed by atoms with E-state index in [1.165, 1.54) is 0 Å². The van der Waals surface area contributed by atoms with E-state index in [-0.39, 0.29) is 5.91 Å². The number of piperazine rings is 1. The average molecular weight is 287 g/mol. The summed E-state index contributed by atoms with van der Waals surface area (Å²) in [5, 5.41) is 4.38. The number of fused-ring (bicyclic) bond motifs is 1. The summed E-state index contributed by atoms with van der Waals surface area (Å²) < 4.78 is 1.88. The van der Waals surface area contributed by atoms with Crippen molar-refractivity contribution in [1.82, 2.24) is 19.5 Å². The molecule has 2 aromatic rings. The van der Waals surface area contributed by atoms with Crippen LogP contribution in [0.5, 0.6) is 0 Å². The molecular weight excluding hydrogens is 266 g/mol. The van der Waals surface area contributed by atoms with Gasteiger partial charge in [0.1, 0.15) is 5.82 Å². The third-order valence-electron chi connectivity index (χ3n) is 4.00. The number of aromatic nitrogens is 3. The second kappa shape index (κ2) is 5.35. The Morgan fingerprint density at radius 1 is 1.24 bits per heavy atom. The Hall–Kier alpha value is -2.11. The van der Waals surface area contributed by atoms with Crippen molar-refractivity contribution < 1.29 is 4.79 Å². The van der Waals surface area contributed by atoms with Gasteiger partial charge < -0.3 is 9.80 Å². The third kappa shape index (κ3) is 2.57. The van der Waals surface area contributed by atoms with Crippen molar-refractivity contribution in [1.29, 1.82) is 0 Å². The molecule has 2 aromatic heterocycles. The van der Waals surface area contributed by atoms with E-state index in [1.54, 1.807) is 13.1 Å². The first-order valence-electron chi connectivity index (χ1n) is 7.41. The van der Waals surface area contributed by atoms with E-state index in [0.717, 1.165) is 43.3 Å². The molecule has 1 fully saturated rings. The maximum Gasteiger partial charge on any atom is 0.219 e. The summed E-state index contributed by atoms with van der Waals surface area (Å²) in [6.45, 7) is 9.10. The van der Waals surface area contributed by atoms with Crippen LogP contribution in [0.1, 0.15) is 32.4 Å². The van der Waals surface area contributed by atoms with Crippen LogP contribution in [0.3, 0.4) is 0 Å². The van der Waals surface area contributed by atoms with Gasteiger partial charge in [-0.15, -0.1) is 0 Å². The number of amides is 1. The van der Waals surface area contributed by atoms with Crippen LogP contribution in [-0.2, 0) is 4.79 Å². The normalized spacial score (nSPS) is 16.0. The topological polar surface area (TPSA) is 53.7 Å². The molecule has 1 amide bonds. The maximum absolute atomic E-state index is 11.4. The Kier molecular flexibility index (Phi) is 3.53. The van der Waals surface area contributed by atoms with Crippen molar-refractivity contribution in [2.24, 2.45) is 0 Å². The first kappa shape index (κ1) is 13.9. The van der Waals surface area contributed by atoms with Gasteiger partial charge in [-0.25, -0.2) is 4.98 Å². The van der Waals surface area contributed by atoms with E-state index >= 15 is 0 Å². The number of nitrogens with zero attached hydrogens (tertiary/aromatic N) is 5. The van der Waals surface area contributed by atoms with Crippen molar-refractivity contribution in [2.45, 2.75) is 26.7 Å². The number of hydrogen-bond donors (Lipinski definition) is 0. The molecule has 0 aliphatic carbocycles. The summed E-state index contributed by atoms with van der Waals surface area (Å²) in [6, 6.07) is 4.05. The molecule has 6 nitrogen and oxygen atoms in total. The molecule has 0 bridgehead atoms. The van der Waals surface area contributed by atoms with E-state index in [2.05, 4.69) is 34.9 Å². The number of hydrogen-bond acceptors (Lipinski definition) is 4. The first-order valence-corrected chi connectivity index (χ1v) is 7.41. The minimum Gasteiger partial charge on any atom is -0.353 e. The van der Waals surface area contributed by atoms with Crippen molar-refractivity contribution >= 4 is 17.4 Å². The minimum absolute atomic E-state index is 0.150. The van der Waals surface area contributed by atoms with Gasteiger partial charge in [-0.3, -0.25) is 4.79 Å². The molecule has 0 atom stereocenters. The van der Waals surface area contributed by atoms with Crippen molar-refractivity contribution in [3.63, 3.8) is 0 Å². The molecule has 0 saturated carbocycles. The Labute approximate surface area is 124 Å². The number of carbonyl (C=O) groups is 1. The summed E-state index contributed by atoms with van der Waals surface area (Å²) in [5.41, 5.74) is 1.96. The maximum atomic E-state index is 11.4. The lowest BCUT2D eigenvalue weighted by Gasteiger charge is -2.35. The summed E-state index contributed by atoms with van der Waals surface area (Å²) in [4.78, 5) is 20.3. The molecule has 112 valence electrons. The fraction of sp³-hybridized carbons (Fsp3) is 0.533. The lowest BCUT2D eigenvalue weighted by atomic mass is 10.1. The standard InChI is InChI=1S/C15H21N5O/c1-11(2)13-10-15(20-14(17-13)4-5-16-20)19-8-6-18(7-9-19)12(3)21/h4-5,10-11H,6-9H2,1-3H3. The quantitative estimate of drug-likeness (QED) is 0.840. The molecule has 0 radical (unpaired) electrons. The summed E-state index contributed by atoms with van der Waals surface area (Å²) in [6.07, 6.45) is 1.78. The number of carbonyl (C=O) groups excluding carboxylic acids is 1. The van der Waals surface area contributed by atoms with Crippen LogP contribution in [-0.4, -0.2) is 51.6 Å². The number of rotatable bonds is 2. The molecule has 0 aromatic carbocycles. The zero-order valence-corrected chi connectivity index (χ0v) is 12.8. The van der Waals surface area contributed by atoms with Crippen LogP contribution in [0.4, 0.5) is 5.82 Å². The molecule has 3 heterocycles. The summed E-state index contributed by atoms with van der Waals surface area (Å²) >= 11 is 0. The van der Waals surface area contributed by atoms with E-state index in [0.29, 0.717) is 5.92 Å². The highest BCUT2D eigenvalue weighted by Crippen LogP contribution is 2.22. The Bertz CT molecular complexity index is 655. The molecule has 0 N–H and O–H groups in total. The molecule has 0 unspecified atom stereocenters. The van der Waals surface area contributed by atoms with Gasteiger partial charge in [0, 0.05) is 50.9 Å². The van der Waals surface area contributed by atoms with Gasteiger partial charge in [0.25, 0.3) is 0 Å². The van der Waals surface area contributed by atoms with Crippen molar-refractivity contribution in [2.75, 3.05) is 31.1 Å². The second-order valence-corrected chi connectivity index (χ2v) is 5.79. The van der Waals surface area contributed by atoms with Crippen LogP contribution in [0.2, 0.25) is 0 Å².